The summed E-state index contributed by atoms with van der Waals surface area (Å²) in [6.45, 7) is 0. The van der Waals surface area contributed by atoms with Crippen molar-refractivity contribution in [2.45, 2.75) is 12.8 Å². The number of halogens is 1. The zero-order chi connectivity index (χ0) is 20.3. The van der Waals surface area contributed by atoms with Crippen molar-refractivity contribution < 1.29 is 18.7 Å². The van der Waals surface area contributed by atoms with Crippen LogP contribution in [0.15, 0.2) is 78.9 Å². The van der Waals surface area contributed by atoms with Crippen LogP contribution in [-0.2, 0) is 9.59 Å². The molecule has 0 unspecified atom stereocenters. The summed E-state index contributed by atoms with van der Waals surface area (Å²) in [6, 6.07) is 21.9. The quantitative estimate of drug-likeness (QED) is 0.584. The normalized spacial score (nSPS) is 14.0. The summed E-state index contributed by atoms with van der Waals surface area (Å²) in [5.74, 6) is 0.108. The predicted octanol–water partition coefficient (Wildman–Crippen LogP) is 4.98. The van der Waals surface area contributed by atoms with Crippen LogP contribution < -0.4 is 15.4 Å². The molecular formula is C23H19FN2O3. The van der Waals surface area contributed by atoms with Crippen molar-refractivity contribution in [3.8, 4) is 11.5 Å². The van der Waals surface area contributed by atoms with Gasteiger partial charge in [-0.05, 0) is 67.4 Å². The number of benzene rings is 3. The first-order valence-electron chi connectivity index (χ1n) is 9.27. The van der Waals surface area contributed by atoms with Gasteiger partial charge in [0, 0.05) is 11.4 Å². The van der Waals surface area contributed by atoms with Crippen molar-refractivity contribution in [3.63, 3.8) is 0 Å². The molecule has 4 rings (SSSR count). The Balaban J connectivity index is 1.39. The van der Waals surface area contributed by atoms with Crippen LogP contribution in [0.25, 0.3) is 0 Å². The molecule has 2 amide bonds. The lowest BCUT2D eigenvalue weighted by Gasteiger charge is -2.16. The molecule has 0 heterocycles. The Morgan fingerprint density at radius 3 is 2.00 bits per heavy atom. The second-order valence-corrected chi connectivity index (χ2v) is 6.94. The van der Waals surface area contributed by atoms with Crippen molar-refractivity contribution in [2.24, 2.45) is 5.41 Å². The Bertz CT molecular complexity index is 1030. The van der Waals surface area contributed by atoms with E-state index in [1.54, 1.807) is 30.3 Å². The Labute approximate surface area is 167 Å². The van der Waals surface area contributed by atoms with E-state index in [9.17, 15) is 14.0 Å². The summed E-state index contributed by atoms with van der Waals surface area (Å²) in [5.41, 5.74) is -0.220. The lowest BCUT2D eigenvalue weighted by Crippen LogP contribution is -2.35. The number of hydrogen-bond acceptors (Lipinski definition) is 3. The number of carbonyl (C=O) groups is 2. The minimum atomic E-state index is -1.12. The number of anilines is 2. The van der Waals surface area contributed by atoms with Gasteiger partial charge in [-0.2, -0.15) is 0 Å². The van der Waals surface area contributed by atoms with Crippen molar-refractivity contribution in [1.29, 1.82) is 0 Å². The number of para-hydroxylation sites is 1. The van der Waals surface area contributed by atoms with E-state index in [1.165, 1.54) is 18.2 Å². The molecule has 3 aromatic carbocycles. The number of hydrogen-bond donors (Lipinski definition) is 2. The molecule has 1 aliphatic carbocycles. The molecule has 0 bridgehead atoms. The van der Waals surface area contributed by atoms with Gasteiger partial charge >= 0.3 is 0 Å². The minimum absolute atomic E-state index is 0.330. The third kappa shape index (κ3) is 4.27. The van der Waals surface area contributed by atoms with Gasteiger partial charge in [0.15, 0.2) is 0 Å². The van der Waals surface area contributed by atoms with Crippen molar-refractivity contribution in [2.75, 3.05) is 10.6 Å². The molecule has 2 N–H and O–H groups in total. The maximum atomic E-state index is 13.3. The topological polar surface area (TPSA) is 67.4 Å². The molecule has 0 spiro atoms. The molecule has 6 heteroatoms. The fraction of sp³-hybridized carbons (Fsp3) is 0.130. The second-order valence-electron chi connectivity index (χ2n) is 6.94. The van der Waals surface area contributed by atoms with Gasteiger partial charge in [-0.25, -0.2) is 4.39 Å². The number of nitrogens with one attached hydrogen (secondary N) is 2. The molecule has 3 aromatic rings. The first-order chi connectivity index (χ1) is 14.0. The number of amides is 2. The molecule has 29 heavy (non-hydrogen) atoms. The maximum Gasteiger partial charge on any atom is 0.240 e. The van der Waals surface area contributed by atoms with Gasteiger partial charge in [0.25, 0.3) is 0 Å². The summed E-state index contributed by atoms with van der Waals surface area (Å²) in [5, 5.41) is 5.41. The highest BCUT2D eigenvalue weighted by molar-refractivity contribution is 6.16. The van der Waals surface area contributed by atoms with Gasteiger partial charge in [-0.15, -0.1) is 0 Å². The zero-order valence-corrected chi connectivity index (χ0v) is 15.5. The number of ether oxygens (including phenoxy) is 1. The Morgan fingerprint density at radius 1 is 0.759 bits per heavy atom. The monoisotopic (exact) mass is 390 g/mol. The smallest absolute Gasteiger partial charge is 0.240 e. The van der Waals surface area contributed by atoms with Gasteiger partial charge in [0.05, 0.1) is 0 Å². The highest BCUT2D eigenvalue weighted by Gasteiger charge is 2.56. The molecule has 0 aliphatic heterocycles. The first-order valence-corrected chi connectivity index (χ1v) is 9.27. The molecule has 1 fully saturated rings. The molecule has 0 atom stereocenters. The fourth-order valence-corrected chi connectivity index (χ4v) is 2.98. The third-order valence-electron chi connectivity index (χ3n) is 4.79. The molecule has 1 saturated carbocycles. The SMILES string of the molecule is O=C(Nc1ccc(Oc2ccccc2)cc1)C1(C(=O)Nc2cccc(F)c2)CC1. The van der Waals surface area contributed by atoms with Crippen LogP contribution >= 0.6 is 0 Å². The van der Waals surface area contributed by atoms with Crippen molar-refractivity contribution in [1.82, 2.24) is 0 Å². The van der Waals surface area contributed by atoms with E-state index in [2.05, 4.69) is 10.6 Å². The number of rotatable bonds is 6. The fourth-order valence-electron chi connectivity index (χ4n) is 2.98. The van der Waals surface area contributed by atoms with Crippen LogP contribution in [-0.4, -0.2) is 11.8 Å². The van der Waals surface area contributed by atoms with Gasteiger partial charge in [-0.3, -0.25) is 9.59 Å². The predicted molar refractivity (Wildman–Crippen MR) is 108 cm³/mol. The van der Waals surface area contributed by atoms with Crippen LogP contribution in [0, 0.1) is 11.2 Å². The van der Waals surface area contributed by atoms with Gasteiger partial charge in [0.2, 0.25) is 11.8 Å². The molecule has 146 valence electrons. The average Bonchev–Trinajstić information content (AvgIpc) is 3.53. The summed E-state index contributed by atoms with van der Waals surface area (Å²) in [7, 11) is 0. The second kappa shape index (κ2) is 7.75. The van der Waals surface area contributed by atoms with Crippen LogP contribution in [0.2, 0.25) is 0 Å². The van der Waals surface area contributed by atoms with E-state index in [-0.39, 0.29) is 5.91 Å². The summed E-state index contributed by atoms with van der Waals surface area (Å²) >= 11 is 0. The maximum absolute atomic E-state index is 13.3. The Morgan fingerprint density at radius 2 is 1.38 bits per heavy atom. The summed E-state index contributed by atoms with van der Waals surface area (Å²) in [6.07, 6.45) is 0.907. The van der Waals surface area contributed by atoms with Crippen molar-refractivity contribution in [3.05, 3.63) is 84.7 Å². The molecule has 0 aromatic heterocycles. The van der Waals surface area contributed by atoms with E-state index in [0.717, 1.165) is 5.75 Å². The summed E-state index contributed by atoms with van der Waals surface area (Å²) < 4.78 is 19.0. The van der Waals surface area contributed by atoms with Crippen LogP contribution in [0.5, 0.6) is 11.5 Å². The minimum Gasteiger partial charge on any atom is -0.457 e. The van der Waals surface area contributed by atoms with Crippen LogP contribution in [0.3, 0.4) is 0 Å². The van der Waals surface area contributed by atoms with E-state index < -0.39 is 17.1 Å². The highest BCUT2D eigenvalue weighted by Crippen LogP contribution is 2.47. The molecule has 5 nitrogen and oxygen atoms in total. The molecule has 0 radical (unpaired) electrons. The molecular weight excluding hydrogens is 371 g/mol. The average molecular weight is 390 g/mol. The lowest BCUT2D eigenvalue weighted by atomic mass is 10.0. The van der Waals surface area contributed by atoms with E-state index in [4.69, 9.17) is 4.74 Å². The standard InChI is InChI=1S/C23H19FN2O3/c24-16-5-4-6-18(15-16)26-22(28)23(13-14-23)21(27)25-17-9-11-20(12-10-17)29-19-7-2-1-3-8-19/h1-12,15H,13-14H2,(H,25,27)(H,26,28). The summed E-state index contributed by atoms with van der Waals surface area (Å²) in [4.78, 5) is 25.3. The third-order valence-corrected chi connectivity index (χ3v) is 4.79. The van der Waals surface area contributed by atoms with Gasteiger partial charge in [-0.1, -0.05) is 24.3 Å². The van der Waals surface area contributed by atoms with E-state index >= 15 is 0 Å². The van der Waals surface area contributed by atoms with Gasteiger partial charge < -0.3 is 15.4 Å². The largest absolute Gasteiger partial charge is 0.457 e. The highest BCUT2D eigenvalue weighted by atomic mass is 19.1. The zero-order valence-electron chi connectivity index (χ0n) is 15.5. The first kappa shape index (κ1) is 18.7. The molecule has 1 aliphatic rings. The Kier molecular flexibility index (Phi) is 4.99. The Hall–Kier alpha value is -3.67. The van der Waals surface area contributed by atoms with E-state index in [1.807, 2.05) is 30.3 Å². The van der Waals surface area contributed by atoms with Crippen LogP contribution in [0.4, 0.5) is 15.8 Å². The van der Waals surface area contributed by atoms with Crippen LogP contribution in [0.1, 0.15) is 12.8 Å². The molecule has 0 saturated heterocycles. The number of carbonyl (C=O) groups excluding carboxylic acids is 2. The lowest BCUT2D eigenvalue weighted by molar-refractivity contribution is -0.131. The van der Waals surface area contributed by atoms with E-state index in [0.29, 0.717) is 30.0 Å². The van der Waals surface area contributed by atoms with Crippen molar-refractivity contribution >= 4 is 23.2 Å². The van der Waals surface area contributed by atoms with Gasteiger partial charge in [0.1, 0.15) is 22.7 Å².